The van der Waals surface area contributed by atoms with Gasteiger partial charge in [0, 0.05) is 32.2 Å². The van der Waals surface area contributed by atoms with Crippen molar-refractivity contribution in [2.24, 2.45) is 0 Å². The van der Waals surface area contributed by atoms with Crippen LogP contribution in [-0.2, 0) is 20.8 Å². The molecule has 0 atom stereocenters. The largest absolute Gasteiger partial charge is 0.309 e. The first-order valence-electron chi connectivity index (χ1n) is 18.8. The molecule has 0 bridgehead atoms. The Kier molecular flexibility index (Phi) is 7.54. The molecule has 2 heteroatoms. The molecule has 0 aliphatic heterocycles. The molecule has 0 saturated heterocycles. The van der Waals surface area contributed by atoms with Crippen LogP contribution in [-0.4, -0.2) is 0 Å². The molecule has 0 heterocycles. The van der Waals surface area contributed by atoms with Gasteiger partial charge in [-0.05, 0) is 85.0 Å². The highest BCUT2D eigenvalue weighted by molar-refractivity contribution is 7.85. The van der Waals surface area contributed by atoms with Crippen LogP contribution in [0.2, 0.25) is 0 Å². The third kappa shape index (κ3) is 5.09. The van der Waals surface area contributed by atoms with Gasteiger partial charge in [-0.3, -0.25) is 0 Å². The van der Waals surface area contributed by atoms with Gasteiger partial charge in [0.1, 0.15) is 0 Å². The van der Waals surface area contributed by atoms with Crippen molar-refractivity contribution in [3.05, 3.63) is 196 Å². The fraction of sp³-hybridized carbons (Fsp3) is 0.176. The maximum atomic E-state index is 16.0. The Hall–Kier alpha value is -5.23. The molecule has 6 aromatic rings. The zero-order valence-corrected chi connectivity index (χ0v) is 32.3. The number of benzene rings is 6. The average molecular weight is 705 g/mol. The van der Waals surface area contributed by atoms with Crippen molar-refractivity contribution in [1.82, 2.24) is 0 Å². The van der Waals surface area contributed by atoms with E-state index in [1.54, 1.807) is 0 Å². The molecular formula is C51H45OP. The number of hydrogen-bond donors (Lipinski definition) is 0. The molecule has 1 nitrogen and oxygen atoms in total. The summed E-state index contributed by atoms with van der Waals surface area (Å²) in [6.45, 7) is 13.8. The van der Waals surface area contributed by atoms with Crippen LogP contribution in [0, 0.1) is 0 Å². The minimum Gasteiger partial charge on any atom is -0.309 e. The topological polar surface area (TPSA) is 17.1 Å². The van der Waals surface area contributed by atoms with E-state index in [1.165, 1.54) is 50.1 Å². The van der Waals surface area contributed by atoms with Crippen molar-refractivity contribution in [2.75, 3.05) is 0 Å². The zero-order valence-electron chi connectivity index (χ0n) is 31.4. The van der Waals surface area contributed by atoms with Crippen LogP contribution in [0.25, 0.3) is 34.9 Å². The third-order valence-corrected chi connectivity index (χ3v) is 15.5. The van der Waals surface area contributed by atoms with E-state index in [1.807, 2.05) is 0 Å². The van der Waals surface area contributed by atoms with Crippen molar-refractivity contribution < 1.29 is 4.57 Å². The van der Waals surface area contributed by atoms with Gasteiger partial charge in [0.15, 0.2) is 7.14 Å². The summed E-state index contributed by atoms with van der Waals surface area (Å²) in [4.78, 5) is 0. The Morgan fingerprint density at radius 1 is 0.340 bits per heavy atom. The Labute approximate surface area is 314 Å². The number of fused-ring (bicyclic) bond motifs is 3. The monoisotopic (exact) mass is 704 g/mol. The number of rotatable bonds is 6. The van der Waals surface area contributed by atoms with Gasteiger partial charge >= 0.3 is 0 Å². The molecule has 0 aromatic heterocycles. The number of allylic oxidation sites excluding steroid dienone is 3. The van der Waals surface area contributed by atoms with Crippen molar-refractivity contribution in [3.8, 4) is 0 Å². The molecule has 9 rings (SSSR count). The Balaban J connectivity index is 1.12. The molecule has 0 fully saturated rings. The first-order valence-corrected chi connectivity index (χ1v) is 20.5. The lowest BCUT2D eigenvalue weighted by atomic mass is 9.78. The molecule has 0 unspecified atom stereocenters. The van der Waals surface area contributed by atoms with E-state index in [9.17, 15) is 0 Å². The minimum atomic E-state index is -3.26. The van der Waals surface area contributed by atoms with Crippen LogP contribution >= 0.6 is 7.14 Å². The lowest BCUT2D eigenvalue weighted by molar-refractivity contribution is 0.592. The van der Waals surface area contributed by atoms with Gasteiger partial charge < -0.3 is 4.57 Å². The molecular weight excluding hydrogens is 660 g/mol. The van der Waals surface area contributed by atoms with Gasteiger partial charge in [-0.25, -0.2) is 0 Å². The first kappa shape index (κ1) is 33.6. The second kappa shape index (κ2) is 11.9. The van der Waals surface area contributed by atoms with E-state index in [2.05, 4.69) is 205 Å². The van der Waals surface area contributed by atoms with Crippen LogP contribution in [0.1, 0.15) is 91.6 Å². The number of hydrogen-bond acceptors (Lipinski definition) is 1. The minimum absolute atomic E-state index is 0.113. The first-order chi connectivity index (χ1) is 25.4. The van der Waals surface area contributed by atoms with Crippen molar-refractivity contribution >= 4 is 58.0 Å². The Morgan fingerprint density at radius 3 is 0.830 bits per heavy atom. The van der Waals surface area contributed by atoms with Gasteiger partial charge in [-0.2, -0.15) is 0 Å². The van der Waals surface area contributed by atoms with Crippen molar-refractivity contribution in [3.63, 3.8) is 0 Å². The molecule has 0 amide bonds. The highest BCUT2D eigenvalue weighted by Gasteiger charge is 2.37. The van der Waals surface area contributed by atoms with Gasteiger partial charge in [0.05, 0.1) is 0 Å². The van der Waals surface area contributed by atoms with E-state index in [0.29, 0.717) is 0 Å². The smallest absolute Gasteiger partial charge is 0.171 e. The van der Waals surface area contributed by atoms with E-state index >= 15 is 4.57 Å². The lowest BCUT2D eigenvalue weighted by Gasteiger charge is -2.27. The predicted molar refractivity (Wildman–Crippen MR) is 228 cm³/mol. The summed E-state index contributed by atoms with van der Waals surface area (Å²) in [5.74, 6) is 0. The molecule has 0 N–H and O–H groups in total. The van der Waals surface area contributed by atoms with Gasteiger partial charge in [-0.15, -0.1) is 0 Å². The SMILES string of the molecule is CC1(C)C(c2ccc(P(=O)(c3ccc(C4=Cc5ccccc5C4(C)C)cc3)c3ccc(C4=Cc5ccccc5C4(C)C)cc3)cc2)=Cc2ccccc21. The molecule has 0 spiro atoms. The van der Waals surface area contributed by atoms with Gasteiger partial charge in [-0.1, -0.05) is 187 Å². The summed E-state index contributed by atoms with van der Waals surface area (Å²) >= 11 is 0. The van der Waals surface area contributed by atoms with E-state index in [-0.39, 0.29) is 16.2 Å². The maximum absolute atomic E-state index is 16.0. The van der Waals surface area contributed by atoms with Crippen LogP contribution in [0.3, 0.4) is 0 Å². The molecule has 3 aliphatic carbocycles. The fourth-order valence-corrected chi connectivity index (χ4v) is 12.0. The molecule has 0 saturated carbocycles. The van der Waals surface area contributed by atoms with Crippen molar-refractivity contribution in [2.45, 2.75) is 57.8 Å². The standard InChI is InChI=1S/C51H45OP/c1-49(2)43-16-10-7-13-37(43)31-46(49)34-19-25-40(26-20-34)53(52,41-27-21-35(22-28-41)47-32-38-14-8-11-17-44(38)50(47,3)4)42-29-23-36(24-30-42)48-33-39-15-9-12-18-45(39)51(48,5)6/h7-33H,1-6H3. The van der Waals surface area contributed by atoms with E-state index in [0.717, 1.165) is 32.6 Å². The van der Waals surface area contributed by atoms with Crippen LogP contribution in [0.4, 0.5) is 0 Å². The average Bonchev–Trinajstić information content (AvgIpc) is 3.73. The second-order valence-electron chi connectivity index (χ2n) is 16.6. The molecule has 0 radical (unpaired) electrons. The molecule has 53 heavy (non-hydrogen) atoms. The molecule has 3 aliphatic rings. The Morgan fingerprint density at radius 2 is 0.585 bits per heavy atom. The quantitative estimate of drug-likeness (QED) is 0.158. The molecule has 6 aromatic carbocycles. The van der Waals surface area contributed by atoms with Gasteiger partial charge in [0.25, 0.3) is 0 Å². The summed E-state index contributed by atoms with van der Waals surface area (Å²) < 4.78 is 16.0. The third-order valence-electron chi connectivity index (χ3n) is 12.4. The summed E-state index contributed by atoms with van der Waals surface area (Å²) in [6, 6.07) is 51.7. The highest BCUT2D eigenvalue weighted by atomic mass is 31.2. The normalized spacial score (nSPS) is 17.4. The van der Waals surface area contributed by atoms with Gasteiger partial charge in [0.2, 0.25) is 0 Å². The molecule has 260 valence electrons. The lowest BCUT2D eigenvalue weighted by Crippen LogP contribution is -2.26. The summed E-state index contributed by atoms with van der Waals surface area (Å²) in [5.41, 5.74) is 14.9. The summed E-state index contributed by atoms with van der Waals surface area (Å²) in [7, 11) is -3.26. The summed E-state index contributed by atoms with van der Waals surface area (Å²) in [5, 5.41) is 2.53. The Bertz CT molecular complexity index is 2280. The second-order valence-corrected chi connectivity index (χ2v) is 19.3. The fourth-order valence-electron chi connectivity index (χ4n) is 9.35. The van der Waals surface area contributed by atoms with Crippen LogP contribution < -0.4 is 15.9 Å². The zero-order chi connectivity index (χ0) is 36.8. The van der Waals surface area contributed by atoms with Crippen LogP contribution in [0.15, 0.2) is 146 Å². The van der Waals surface area contributed by atoms with E-state index in [4.69, 9.17) is 0 Å². The summed E-state index contributed by atoms with van der Waals surface area (Å²) in [6.07, 6.45) is 6.95. The van der Waals surface area contributed by atoms with Crippen LogP contribution in [0.5, 0.6) is 0 Å². The predicted octanol–water partition coefficient (Wildman–Crippen LogP) is 11.8. The highest BCUT2D eigenvalue weighted by Crippen LogP contribution is 2.50. The maximum Gasteiger partial charge on any atom is 0.171 e. The van der Waals surface area contributed by atoms with Crippen molar-refractivity contribution in [1.29, 1.82) is 0 Å². The van der Waals surface area contributed by atoms with E-state index < -0.39 is 7.14 Å².